The molecule has 0 amide bonds. The Labute approximate surface area is 186 Å². The summed E-state index contributed by atoms with van der Waals surface area (Å²) in [6.07, 6.45) is 5.17. The van der Waals surface area contributed by atoms with Crippen molar-refractivity contribution in [3.05, 3.63) is 16.1 Å². The van der Waals surface area contributed by atoms with Gasteiger partial charge >= 0.3 is 0 Å². The molecule has 1 aromatic heterocycles. The van der Waals surface area contributed by atoms with Crippen LogP contribution in [-0.2, 0) is 6.54 Å². The molecule has 1 fully saturated rings. The molecule has 1 saturated heterocycles. The Bertz CT molecular complexity index is 538. The maximum Gasteiger partial charge on any atom is 0.191 e. The summed E-state index contributed by atoms with van der Waals surface area (Å²) < 4.78 is 0. The van der Waals surface area contributed by atoms with Crippen LogP contribution in [0.1, 0.15) is 70.0 Å². The van der Waals surface area contributed by atoms with Crippen molar-refractivity contribution in [3.63, 3.8) is 0 Å². The summed E-state index contributed by atoms with van der Waals surface area (Å²) >= 11 is 1.71. The van der Waals surface area contributed by atoms with Crippen LogP contribution < -0.4 is 10.6 Å². The number of hydrogen-bond acceptors (Lipinski definition) is 4. The van der Waals surface area contributed by atoms with Gasteiger partial charge in [-0.2, -0.15) is 0 Å². The van der Waals surface area contributed by atoms with E-state index < -0.39 is 0 Å². The highest BCUT2D eigenvalue weighted by atomic mass is 127. The maximum absolute atomic E-state index is 4.68. The molecule has 0 saturated carbocycles. The molecule has 2 N–H and O–H groups in total. The van der Waals surface area contributed by atoms with Crippen LogP contribution in [0.3, 0.4) is 0 Å². The third kappa shape index (κ3) is 9.56. The number of unbranched alkanes of at least 4 members (excludes halogenated alkanes) is 1. The lowest BCUT2D eigenvalue weighted by Crippen LogP contribution is -2.38. The second kappa shape index (κ2) is 13.7. The molecule has 0 aromatic carbocycles. The predicted octanol–water partition coefficient (Wildman–Crippen LogP) is 4.45. The second-order valence-electron chi connectivity index (χ2n) is 7.67. The number of hydrogen-bond donors (Lipinski definition) is 2. The molecule has 0 radical (unpaired) electrons. The smallest absolute Gasteiger partial charge is 0.191 e. The first kappa shape index (κ1) is 24.6. The minimum Gasteiger partial charge on any atom is -0.357 e. The van der Waals surface area contributed by atoms with E-state index in [1.54, 1.807) is 11.3 Å². The normalized spacial score (nSPS) is 16.4. The molecular formula is C20H38IN5S. The van der Waals surface area contributed by atoms with E-state index in [-0.39, 0.29) is 24.0 Å². The minimum absolute atomic E-state index is 0. The Morgan fingerprint density at radius 2 is 2.04 bits per heavy atom. The van der Waals surface area contributed by atoms with Crippen LogP contribution in [0.5, 0.6) is 0 Å². The fourth-order valence-corrected chi connectivity index (χ4v) is 3.98. The summed E-state index contributed by atoms with van der Waals surface area (Å²) in [4.78, 5) is 12.0. The van der Waals surface area contributed by atoms with Gasteiger partial charge in [-0.25, -0.2) is 9.98 Å². The van der Waals surface area contributed by atoms with Crippen LogP contribution in [0.25, 0.3) is 0 Å². The summed E-state index contributed by atoms with van der Waals surface area (Å²) in [7, 11) is 0. The van der Waals surface area contributed by atoms with Gasteiger partial charge in [-0.3, -0.25) is 0 Å². The number of guanidine groups is 1. The summed E-state index contributed by atoms with van der Waals surface area (Å²) in [6, 6.07) is 0. The van der Waals surface area contributed by atoms with Gasteiger partial charge in [0, 0.05) is 18.5 Å². The van der Waals surface area contributed by atoms with Gasteiger partial charge in [0.2, 0.25) is 0 Å². The average molecular weight is 508 g/mol. The van der Waals surface area contributed by atoms with E-state index in [4.69, 9.17) is 0 Å². The van der Waals surface area contributed by atoms with E-state index in [1.165, 1.54) is 51.0 Å². The van der Waals surface area contributed by atoms with Crippen LogP contribution in [-0.4, -0.2) is 48.6 Å². The SMILES string of the molecule is CCNC(=NCc1nc(C(C)C)cs1)NCCCCN1CCC(C)CC1.I. The molecule has 5 nitrogen and oxygen atoms in total. The number of aliphatic imine (C=N–C) groups is 1. The molecule has 0 bridgehead atoms. The van der Waals surface area contributed by atoms with E-state index in [1.807, 2.05) is 0 Å². The first-order valence-corrected chi connectivity index (χ1v) is 11.1. The Kier molecular flexibility index (Phi) is 12.5. The average Bonchev–Trinajstić information content (AvgIpc) is 3.10. The van der Waals surface area contributed by atoms with Crippen LogP contribution in [0.15, 0.2) is 10.4 Å². The number of rotatable bonds is 9. The molecule has 1 aliphatic heterocycles. The molecule has 1 aromatic rings. The Balaban J connectivity index is 0.00000364. The monoisotopic (exact) mass is 507 g/mol. The van der Waals surface area contributed by atoms with E-state index in [9.17, 15) is 0 Å². The first-order valence-electron chi connectivity index (χ1n) is 10.3. The van der Waals surface area contributed by atoms with Crippen molar-refractivity contribution in [2.75, 3.05) is 32.7 Å². The third-order valence-corrected chi connectivity index (χ3v) is 5.80. The molecule has 2 rings (SSSR count). The Hall–Kier alpha value is -0.410. The van der Waals surface area contributed by atoms with Gasteiger partial charge < -0.3 is 15.5 Å². The highest BCUT2D eigenvalue weighted by Gasteiger charge is 2.14. The number of likely N-dealkylation sites (tertiary alicyclic amines) is 1. The van der Waals surface area contributed by atoms with Crippen molar-refractivity contribution >= 4 is 41.3 Å². The summed E-state index contributed by atoms with van der Waals surface area (Å²) in [6.45, 7) is 15.1. The van der Waals surface area contributed by atoms with Gasteiger partial charge in [-0.1, -0.05) is 20.8 Å². The van der Waals surface area contributed by atoms with Crippen LogP contribution in [0, 0.1) is 5.92 Å². The third-order valence-electron chi connectivity index (χ3n) is 4.95. The number of piperidine rings is 1. The second-order valence-corrected chi connectivity index (χ2v) is 8.62. The van der Waals surface area contributed by atoms with Crippen molar-refractivity contribution in [1.82, 2.24) is 20.5 Å². The molecule has 156 valence electrons. The number of aromatic nitrogens is 1. The summed E-state index contributed by atoms with van der Waals surface area (Å²) in [5, 5.41) is 10.0. The van der Waals surface area contributed by atoms with Crippen molar-refractivity contribution in [2.24, 2.45) is 10.9 Å². The van der Waals surface area contributed by atoms with Crippen LogP contribution >= 0.6 is 35.3 Å². The largest absolute Gasteiger partial charge is 0.357 e. The highest BCUT2D eigenvalue weighted by Crippen LogP contribution is 2.18. The van der Waals surface area contributed by atoms with Gasteiger partial charge in [-0.05, 0) is 64.1 Å². The lowest BCUT2D eigenvalue weighted by atomic mass is 9.99. The predicted molar refractivity (Wildman–Crippen MR) is 129 cm³/mol. The standard InChI is InChI=1S/C20H37N5S.HI/c1-5-21-20(23-14-19-24-18(15-26-19)16(2)3)22-10-6-7-11-25-12-8-17(4)9-13-25;/h15-17H,5-14H2,1-4H3,(H2,21,22,23);1H. The van der Waals surface area contributed by atoms with Gasteiger partial charge in [0.25, 0.3) is 0 Å². The quantitative estimate of drug-likeness (QED) is 0.225. The summed E-state index contributed by atoms with van der Waals surface area (Å²) in [5.41, 5.74) is 1.17. The van der Waals surface area contributed by atoms with Gasteiger partial charge in [-0.15, -0.1) is 35.3 Å². The Morgan fingerprint density at radius 1 is 1.30 bits per heavy atom. The highest BCUT2D eigenvalue weighted by molar-refractivity contribution is 14.0. The van der Waals surface area contributed by atoms with Gasteiger partial charge in [0.05, 0.1) is 12.2 Å². The van der Waals surface area contributed by atoms with Gasteiger partial charge in [0.1, 0.15) is 5.01 Å². The number of nitrogens with zero attached hydrogens (tertiary/aromatic N) is 3. The maximum atomic E-state index is 4.68. The van der Waals surface area contributed by atoms with E-state index >= 15 is 0 Å². The first-order chi connectivity index (χ1) is 12.6. The number of halogens is 1. The van der Waals surface area contributed by atoms with Crippen molar-refractivity contribution in [3.8, 4) is 0 Å². The van der Waals surface area contributed by atoms with Gasteiger partial charge in [0.15, 0.2) is 5.96 Å². The van der Waals surface area contributed by atoms with Crippen LogP contribution in [0.2, 0.25) is 0 Å². The molecule has 7 heteroatoms. The molecule has 0 spiro atoms. The lowest BCUT2D eigenvalue weighted by molar-refractivity contribution is 0.189. The molecular weight excluding hydrogens is 469 g/mol. The van der Waals surface area contributed by atoms with Crippen LogP contribution in [0.4, 0.5) is 0 Å². The van der Waals surface area contributed by atoms with E-state index in [0.717, 1.165) is 30.0 Å². The molecule has 27 heavy (non-hydrogen) atoms. The Morgan fingerprint density at radius 3 is 2.67 bits per heavy atom. The van der Waals surface area contributed by atoms with E-state index in [2.05, 4.69) is 58.6 Å². The topological polar surface area (TPSA) is 52.6 Å². The lowest BCUT2D eigenvalue weighted by Gasteiger charge is -2.30. The van der Waals surface area contributed by atoms with Crippen molar-refractivity contribution in [1.29, 1.82) is 0 Å². The summed E-state index contributed by atoms with van der Waals surface area (Å²) in [5.74, 6) is 2.31. The van der Waals surface area contributed by atoms with Crippen molar-refractivity contribution in [2.45, 2.75) is 65.8 Å². The molecule has 1 aliphatic rings. The zero-order valence-electron chi connectivity index (χ0n) is 17.5. The zero-order valence-corrected chi connectivity index (χ0v) is 20.6. The molecule has 2 heterocycles. The van der Waals surface area contributed by atoms with Crippen molar-refractivity contribution < 1.29 is 0 Å². The molecule has 0 unspecified atom stereocenters. The fraction of sp³-hybridized carbons (Fsp3) is 0.800. The number of nitrogens with one attached hydrogen (secondary N) is 2. The number of thiazole rings is 1. The molecule has 0 aliphatic carbocycles. The molecule has 0 atom stereocenters. The fourth-order valence-electron chi connectivity index (χ4n) is 3.10. The van der Waals surface area contributed by atoms with E-state index in [0.29, 0.717) is 12.5 Å². The minimum atomic E-state index is 0. The zero-order chi connectivity index (χ0) is 18.8.